The Labute approximate surface area is 501 Å². The summed E-state index contributed by atoms with van der Waals surface area (Å²) in [5.41, 5.74) is -3.77. The molecule has 0 fully saturated rings. The van der Waals surface area contributed by atoms with Crippen molar-refractivity contribution in [3.8, 4) is 0 Å². The lowest BCUT2D eigenvalue weighted by Crippen LogP contribution is -2.39. The second-order valence-electron chi connectivity index (χ2n) is 19.6. The number of esters is 12. The van der Waals surface area contributed by atoms with Gasteiger partial charge in [-0.3, -0.25) is 0 Å². The van der Waals surface area contributed by atoms with Crippen molar-refractivity contribution in [3.05, 3.63) is 179 Å². The van der Waals surface area contributed by atoms with Crippen LogP contribution in [-0.2, 0) is 85.6 Å². The van der Waals surface area contributed by atoms with E-state index in [4.69, 9.17) is 56.8 Å². The van der Waals surface area contributed by atoms with Crippen LogP contribution < -0.4 is 0 Å². The van der Waals surface area contributed by atoms with Gasteiger partial charge in [0.2, 0.25) is 0 Å². The van der Waals surface area contributed by atoms with E-state index in [0.717, 1.165) is 0 Å². The summed E-state index contributed by atoms with van der Waals surface area (Å²) in [5, 5.41) is 0. The molecule has 0 heterocycles. The molecule has 0 N–H and O–H groups in total. The SMILES string of the molecule is C=C(C)C(=O)OCC(COC(=O)c1ccccc1C(=O)OCC(CC)(COC(=O)c1ccccc1C(=O)OCC(COC(=O)C(=C)C)OC(=O)C(=C)C)COC(=O)c1ccccc1C(=O)OCC(COC(=O)C(=C)C)OC(=O)C(=C)C)OC(=O)C(=C)C. The quantitative estimate of drug-likeness (QED) is 0.0323. The molecular weight excluding hydrogens is 1140 g/mol. The average molecular weight is 1210 g/mol. The smallest absolute Gasteiger partial charge is 0.339 e. The first-order valence-electron chi connectivity index (χ1n) is 26.4. The van der Waals surface area contributed by atoms with E-state index in [2.05, 4.69) is 39.5 Å². The third-order valence-electron chi connectivity index (χ3n) is 11.7. The van der Waals surface area contributed by atoms with E-state index in [9.17, 15) is 57.5 Å². The molecule has 464 valence electrons. The van der Waals surface area contributed by atoms with Crippen LogP contribution in [0.15, 0.2) is 146 Å². The predicted octanol–water partition coefficient (Wildman–Crippen LogP) is 7.25. The van der Waals surface area contributed by atoms with E-state index in [0.29, 0.717) is 0 Å². The van der Waals surface area contributed by atoms with Crippen LogP contribution in [0.5, 0.6) is 0 Å². The van der Waals surface area contributed by atoms with Crippen molar-refractivity contribution < 1.29 is 114 Å². The Balaban J connectivity index is 1.99. The molecular formula is C63H68O24. The summed E-state index contributed by atoms with van der Waals surface area (Å²) in [4.78, 5) is 157. The minimum Gasteiger partial charge on any atom is -0.461 e. The molecule has 0 aromatic heterocycles. The molecule has 3 rings (SSSR count). The van der Waals surface area contributed by atoms with Gasteiger partial charge in [-0.1, -0.05) is 82.8 Å². The molecule has 0 saturated carbocycles. The number of hydrogen-bond acceptors (Lipinski definition) is 24. The van der Waals surface area contributed by atoms with Crippen LogP contribution in [0.2, 0.25) is 0 Å². The Hall–Kier alpha value is -10.3. The lowest BCUT2D eigenvalue weighted by molar-refractivity contribution is -0.156. The molecule has 0 radical (unpaired) electrons. The van der Waals surface area contributed by atoms with Crippen LogP contribution in [0, 0.1) is 5.41 Å². The highest BCUT2D eigenvalue weighted by molar-refractivity contribution is 6.05. The zero-order valence-electron chi connectivity index (χ0n) is 49.3. The van der Waals surface area contributed by atoms with Crippen LogP contribution in [0.3, 0.4) is 0 Å². The van der Waals surface area contributed by atoms with Gasteiger partial charge in [0.1, 0.15) is 59.5 Å². The molecule has 3 aromatic rings. The fraction of sp³-hybridized carbons (Fsp3) is 0.333. The lowest BCUT2D eigenvalue weighted by Gasteiger charge is -2.31. The van der Waals surface area contributed by atoms with Gasteiger partial charge in [0.05, 0.1) is 38.8 Å². The molecule has 0 aliphatic heterocycles. The van der Waals surface area contributed by atoms with Gasteiger partial charge in [-0.2, -0.15) is 0 Å². The molecule has 0 bridgehead atoms. The van der Waals surface area contributed by atoms with E-state index in [1.807, 2.05) is 0 Å². The molecule has 3 aromatic carbocycles. The molecule has 0 aliphatic rings. The Morgan fingerprint density at radius 2 is 0.494 bits per heavy atom. The van der Waals surface area contributed by atoms with Crippen LogP contribution in [0.25, 0.3) is 0 Å². The molecule has 3 unspecified atom stereocenters. The molecule has 87 heavy (non-hydrogen) atoms. The van der Waals surface area contributed by atoms with Crippen molar-refractivity contribution in [2.24, 2.45) is 5.41 Å². The Morgan fingerprint density at radius 1 is 0.310 bits per heavy atom. The van der Waals surface area contributed by atoms with Crippen molar-refractivity contribution >= 4 is 71.6 Å². The molecule has 0 spiro atoms. The van der Waals surface area contributed by atoms with Crippen LogP contribution >= 0.6 is 0 Å². The van der Waals surface area contributed by atoms with Crippen LogP contribution in [0.1, 0.15) is 117 Å². The summed E-state index contributed by atoms with van der Waals surface area (Å²) in [7, 11) is 0. The maximum atomic E-state index is 14.1. The summed E-state index contributed by atoms with van der Waals surface area (Å²) in [6.07, 6.45) is -4.12. The average Bonchev–Trinajstić information content (AvgIpc) is 3.68. The van der Waals surface area contributed by atoms with Gasteiger partial charge in [-0.05, 0) is 84.4 Å². The predicted molar refractivity (Wildman–Crippen MR) is 305 cm³/mol. The van der Waals surface area contributed by atoms with E-state index in [-0.39, 0.29) is 73.2 Å². The zero-order valence-corrected chi connectivity index (χ0v) is 49.3. The first-order chi connectivity index (χ1) is 41.0. The highest BCUT2D eigenvalue weighted by Gasteiger charge is 2.37. The Kier molecular flexibility index (Phi) is 28.2. The first-order valence-corrected chi connectivity index (χ1v) is 26.4. The second-order valence-corrected chi connectivity index (χ2v) is 19.6. The normalized spacial score (nSPS) is 12.2. The number of benzene rings is 3. The van der Waals surface area contributed by atoms with Crippen molar-refractivity contribution in [1.82, 2.24) is 0 Å². The van der Waals surface area contributed by atoms with E-state index >= 15 is 0 Å². The fourth-order valence-corrected chi connectivity index (χ4v) is 6.56. The lowest BCUT2D eigenvalue weighted by atomic mass is 9.87. The molecule has 24 nitrogen and oxygen atoms in total. The summed E-state index contributed by atoms with van der Waals surface area (Å²) >= 11 is 0. The number of ether oxygens (including phenoxy) is 12. The van der Waals surface area contributed by atoms with Gasteiger partial charge in [0.25, 0.3) is 0 Å². The molecule has 0 saturated heterocycles. The molecule has 3 atom stereocenters. The van der Waals surface area contributed by atoms with E-state index in [1.54, 1.807) is 6.92 Å². The largest absolute Gasteiger partial charge is 0.461 e. The van der Waals surface area contributed by atoms with Gasteiger partial charge >= 0.3 is 71.6 Å². The summed E-state index contributed by atoms with van der Waals surface area (Å²) in [6.45, 7) is 24.9. The van der Waals surface area contributed by atoms with Crippen molar-refractivity contribution in [2.45, 2.75) is 73.2 Å². The van der Waals surface area contributed by atoms with E-state index < -0.39 is 155 Å². The number of rotatable bonds is 34. The Morgan fingerprint density at radius 3 is 0.678 bits per heavy atom. The van der Waals surface area contributed by atoms with Crippen LogP contribution in [-0.4, -0.2) is 149 Å². The van der Waals surface area contributed by atoms with Crippen LogP contribution in [0.4, 0.5) is 0 Å². The summed E-state index contributed by atoms with van der Waals surface area (Å²) < 4.78 is 64.7. The van der Waals surface area contributed by atoms with Gasteiger partial charge in [-0.25, -0.2) is 57.5 Å². The fourth-order valence-electron chi connectivity index (χ4n) is 6.56. The minimum atomic E-state index is -1.69. The van der Waals surface area contributed by atoms with Crippen molar-refractivity contribution in [1.29, 1.82) is 0 Å². The molecule has 0 amide bonds. The second kappa shape index (κ2) is 34.5. The number of carbonyl (C=O) groups excluding carboxylic acids is 12. The third-order valence-corrected chi connectivity index (χ3v) is 11.7. The zero-order chi connectivity index (χ0) is 65.1. The standard InChI is InChI=1S/C63H68O24/c1-14-63(33-82-60(73)48-24-18-15-21-45(48)57(70)79-30-42(85-54(67)39(8)9)27-76-51(64)36(2)3,34-83-61(74)49-25-19-16-22-46(49)58(71)80-31-43(86-55(68)40(10)11)28-77-52(65)37(4)5)35-84-62(75)50-26-20-17-23-47(50)59(72)81-32-44(87-56(69)41(12)13)29-78-53(66)38(6)7/h15-26,42-44H,2,4,6,8,10,12,14,27-35H2,1,3,5,7,9,11,13H3. The van der Waals surface area contributed by atoms with Crippen molar-refractivity contribution in [3.63, 3.8) is 0 Å². The maximum Gasteiger partial charge on any atom is 0.339 e. The summed E-state index contributed by atoms with van der Waals surface area (Å²) in [5.74, 6) is -11.9. The first kappa shape index (κ1) is 71.0. The maximum absolute atomic E-state index is 14.1. The highest BCUT2D eigenvalue weighted by Crippen LogP contribution is 2.28. The number of carbonyl (C=O) groups is 12. The third kappa shape index (κ3) is 23.0. The van der Waals surface area contributed by atoms with Gasteiger partial charge in [-0.15, -0.1) is 0 Å². The molecule has 24 heteroatoms. The Bertz CT molecular complexity index is 2870. The van der Waals surface area contributed by atoms with Crippen molar-refractivity contribution in [2.75, 3.05) is 59.5 Å². The monoisotopic (exact) mass is 1210 g/mol. The van der Waals surface area contributed by atoms with Gasteiger partial charge in [0, 0.05) is 33.4 Å². The minimum absolute atomic E-state index is 0.0186. The highest BCUT2D eigenvalue weighted by atomic mass is 16.6. The number of hydrogen-bond donors (Lipinski definition) is 0. The van der Waals surface area contributed by atoms with Gasteiger partial charge in [0.15, 0.2) is 18.3 Å². The van der Waals surface area contributed by atoms with Gasteiger partial charge < -0.3 is 56.8 Å². The molecule has 0 aliphatic carbocycles. The topological polar surface area (TPSA) is 316 Å². The van der Waals surface area contributed by atoms with E-state index in [1.165, 1.54) is 114 Å². The summed E-state index contributed by atoms with van der Waals surface area (Å²) in [6, 6.07) is 15.7.